The Bertz CT molecular complexity index is 1520. The SMILES string of the molecule is FC(F)(F)c1ccc(OC(CCN(CC#Cc2ccsc2)C(c2ccccc2)c2ccccc2)c2ccccc2)cc1. The molecule has 0 amide bonds. The second-order valence-corrected chi connectivity index (χ2v) is 10.6. The standard InChI is InChI=1S/C36H30F3NOS/c37-36(38,39)32-18-20-33(21-19-32)41-34(29-12-4-1-5-13-29)22-25-40(24-10-11-28-23-26-42-27-28)35(30-14-6-2-7-15-30)31-16-8-3-9-17-31/h1-9,12-21,23,26-27,34-35H,22,24-25H2. The van der Waals surface area contributed by atoms with Gasteiger partial charge in [0.1, 0.15) is 11.9 Å². The van der Waals surface area contributed by atoms with E-state index in [9.17, 15) is 13.2 Å². The Morgan fingerprint density at radius 2 is 1.29 bits per heavy atom. The molecule has 5 rings (SSSR count). The average Bonchev–Trinajstić information content (AvgIpc) is 3.54. The summed E-state index contributed by atoms with van der Waals surface area (Å²) in [6, 6.07) is 37.4. The molecule has 2 nitrogen and oxygen atoms in total. The maximum absolute atomic E-state index is 13.1. The third kappa shape index (κ3) is 7.91. The second-order valence-electron chi connectivity index (χ2n) is 9.84. The molecule has 5 aromatic rings. The lowest BCUT2D eigenvalue weighted by atomic mass is 9.96. The fraction of sp³-hybridized carbons (Fsp3) is 0.167. The van der Waals surface area contributed by atoms with Crippen LogP contribution < -0.4 is 4.74 Å². The summed E-state index contributed by atoms with van der Waals surface area (Å²) in [4.78, 5) is 2.34. The molecule has 1 unspecified atom stereocenters. The third-order valence-corrected chi connectivity index (χ3v) is 7.62. The molecule has 1 atom stereocenters. The first-order valence-corrected chi connectivity index (χ1v) is 14.7. The van der Waals surface area contributed by atoms with Crippen molar-refractivity contribution in [3.8, 4) is 17.6 Å². The van der Waals surface area contributed by atoms with Crippen molar-refractivity contribution < 1.29 is 17.9 Å². The number of ether oxygens (including phenoxy) is 1. The van der Waals surface area contributed by atoms with Crippen LogP contribution in [0.3, 0.4) is 0 Å². The van der Waals surface area contributed by atoms with Crippen LogP contribution in [-0.4, -0.2) is 18.0 Å². The van der Waals surface area contributed by atoms with Gasteiger partial charge in [-0.05, 0) is 52.4 Å². The molecule has 1 heterocycles. The Balaban J connectivity index is 1.45. The fourth-order valence-electron chi connectivity index (χ4n) is 4.89. The topological polar surface area (TPSA) is 12.5 Å². The van der Waals surface area contributed by atoms with Crippen molar-refractivity contribution in [2.24, 2.45) is 0 Å². The van der Waals surface area contributed by atoms with Gasteiger partial charge >= 0.3 is 6.18 Å². The lowest BCUT2D eigenvalue weighted by molar-refractivity contribution is -0.137. The highest BCUT2D eigenvalue weighted by molar-refractivity contribution is 7.08. The predicted octanol–water partition coefficient (Wildman–Crippen LogP) is 9.42. The van der Waals surface area contributed by atoms with E-state index in [1.807, 2.05) is 83.6 Å². The molecule has 6 heteroatoms. The molecule has 4 aromatic carbocycles. The molecule has 212 valence electrons. The van der Waals surface area contributed by atoms with Crippen LogP contribution in [0.1, 0.15) is 46.4 Å². The summed E-state index contributed by atoms with van der Waals surface area (Å²) < 4.78 is 45.8. The number of thiophene rings is 1. The average molecular weight is 582 g/mol. The second kappa shape index (κ2) is 14.0. The monoisotopic (exact) mass is 581 g/mol. The van der Waals surface area contributed by atoms with E-state index in [2.05, 4.69) is 41.0 Å². The van der Waals surface area contributed by atoms with E-state index in [0.29, 0.717) is 25.3 Å². The quantitative estimate of drug-likeness (QED) is 0.152. The van der Waals surface area contributed by atoms with Crippen molar-refractivity contribution in [2.75, 3.05) is 13.1 Å². The van der Waals surface area contributed by atoms with Crippen LogP contribution in [0.4, 0.5) is 13.2 Å². The zero-order valence-electron chi connectivity index (χ0n) is 22.9. The number of alkyl halides is 3. The van der Waals surface area contributed by atoms with Gasteiger partial charge in [0.25, 0.3) is 0 Å². The van der Waals surface area contributed by atoms with Gasteiger partial charge in [-0.2, -0.15) is 24.5 Å². The Morgan fingerprint density at radius 1 is 0.714 bits per heavy atom. The minimum absolute atomic E-state index is 0.0494. The van der Waals surface area contributed by atoms with Crippen LogP contribution in [0, 0.1) is 11.8 Å². The zero-order valence-corrected chi connectivity index (χ0v) is 23.7. The van der Waals surface area contributed by atoms with Crippen molar-refractivity contribution >= 4 is 11.3 Å². The van der Waals surface area contributed by atoms with Gasteiger partial charge in [0.05, 0.1) is 18.2 Å². The van der Waals surface area contributed by atoms with E-state index >= 15 is 0 Å². The Morgan fingerprint density at radius 3 is 1.81 bits per heavy atom. The van der Waals surface area contributed by atoms with Crippen LogP contribution in [0.5, 0.6) is 5.75 Å². The number of benzene rings is 4. The summed E-state index contributed by atoms with van der Waals surface area (Å²) in [5.41, 5.74) is 3.55. The number of nitrogens with zero attached hydrogens (tertiary/aromatic N) is 1. The van der Waals surface area contributed by atoms with E-state index < -0.39 is 11.7 Å². The van der Waals surface area contributed by atoms with Crippen molar-refractivity contribution in [3.63, 3.8) is 0 Å². The van der Waals surface area contributed by atoms with Crippen LogP contribution in [-0.2, 0) is 6.18 Å². The van der Waals surface area contributed by atoms with Gasteiger partial charge in [-0.25, -0.2) is 0 Å². The summed E-state index contributed by atoms with van der Waals surface area (Å²) in [5.74, 6) is 7.05. The van der Waals surface area contributed by atoms with Gasteiger partial charge in [0.2, 0.25) is 0 Å². The summed E-state index contributed by atoms with van der Waals surface area (Å²) in [6.45, 7) is 1.15. The van der Waals surface area contributed by atoms with E-state index in [1.165, 1.54) is 12.1 Å². The summed E-state index contributed by atoms with van der Waals surface area (Å²) in [6.07, 6.45) is -4.17. The molecule has 0 saturated carbocycles. The Kier molecular flexibility index (Phi) is 9.76. The molecule has 0 bridgehead atoms. The van der Waals surface area contributed by atoms with Crippen molar-refractivity contribution in [1.29, 1.82) is 0 Å². The smallest absolute Gasteiger partial charge is 0.416 e. The molecule has 0 saturated heterocycles. The van der Waals surface area contributed by atoms with Crippen LogP contribution in [0.2, 0.25) is 0 Å². The minimum Gasteiger partial charge on any atom is -0.486 e. The number of hydrogen-bond acceptors (Lipinski definition) is 3. The molecule has 0 aliphatic rings. The van der Waals surface area contributed by atoms with Crippen molar-refractivity contribution in [2.45, 2.75) is 24.7 Å². The Hall–Kier alpha value is -4.31. The minimum atomic E-state index is -4.40. The van der Waals surface area contributed by atoms with Gasteiger partial charge < -0.3 is 4.74 Å². The molecule has 0 spiro atoms. The van der Waals surface area contributed by atoms with E-state index in [1.54, 1.807) is 11.3 Å². The lowest BCUT2D eigenvalue weighted by Gasteiger charge is -2.32. The highest BCUT2D eigenvalue weighted by atomic mass is 32.1. The van der Waals surface area contributed by atoms with Crippen LogP contribution in [0.15, 0.2) is 132 Å². The third-order valence-electron chi connectivity index (χ3n) is 6.94. The zero-order chi connectivity index (χ0) is 29.2. The molecule has 0 radical (unpaired) electrons. The van der Waals surface area contributed by atoms with Gasteiger partial charge in [0, 0.05) is 23.9 Å². The molecule has 1 aromatic heterocycles. The van der Waals surface area contributed by atoms with Crippen LogP contribution in [0.25, 0.3) is 0 Å². The predicted molar refractivity (Wildman–Crippen MR) is 163 cm³/mol. The fourth-order valence-corrected chi connectivity index (χ4v) is 5.48. The first-order chi connectivity index (χ1) is 20.5. The van der Waals surface area contributed by atoms with Crippen molar-refractivity contribution in [3.05, 3.63) is 160 Å². The Labute approximate surface area is 249 Å². The van der Waals surface area contributed by atoms with Gasteiger partial charge in [-0.3, -0.25) is 4.90 Å². The summed E-state index contributed by atoms with van der Waals surface area (Å²) in [7, 11) is 0. The van der Waals surface area contributed by atoms with Gasteiger partial charge in [-0.1, -0.05) is 103 Å². The summed E-state index contributed by atoms with van der Waals surface area (Å²) >= 11 is 1.62. The highest BCUT2D eigenvalue weighted by Crippen LogP contribution is 2.33. The van der Waals surface area contributed by atoms with E-state index in [-0.39, 0.29) is 12.1 Å². The molecule has 0 aliphatic heterocycles. The molecule has 0 fully saturated rings. The van der Waals surface area contributed by atoms with Gasteiger partial charge in [0.15, 0.2) is 0 Å². The van der Waals surface area contributed by atoms with E-state index in [0.717, 1.165) is 34.4 Å². The molecule has 42 heavy (non-hydrogen) atoms. The van der Waals surface area contributed by atoms with Gasteiger partial charge in [-0.15, -0.1) is 0 Å². The highest BCUT2D eigenvalue weighted by Gasteiger charge is 2.30. The first kappa shape index (κ1) is 29.2. The first-order valence-electron chi connectivity index (χ1n) is 13.7. The lowest BCUT2D eigenvalue weighted by Crippen LogP contribution is -2.32. The molecule has 0 aliphatic carbocycles. The van der Waals surface area contributed by atoms with Crippen molar-refractivity contribution in [1.82, 2.24) is 4.90 Å². The maximum Gasteiger partial charge on any atom is 0.416 e. The molecular weight excluding hydrogens is 551 g/mol. The molecular formula is C36H30F3NOS. The molecule has 0 N–H and O–H groups in total. The number of rotatable bonds is 10. The summed E-state index contributed by atoms with van der Waals surface area (Å²) in [5, 5.41) is 4.05. The normalized spacial score (nSPS) is 12.1. The number of halogens is 3. The number of hydrogen-bond donors (Lipinski definition) is 0. The van der Waals surface area contributed by atoms with Crippen LogP contribution >= 0.6 is 11.3 Å². The van der Waals surface area contributed by atoms with E-state index in [4.69, 9.17) is 4.74 Å². The maximum atomic E-state index is 13.1. The largest absolute Gasteiger partial charge is 0.486 e.